The second-order valence-electron chi connectivity index (χ2n) is 6.08. The average Bonchev–Trinajstić information content (AvgIpc) is 3.01. The third kappa shape index (κ3) is 4.91. The van der Waals surface area contributed by atoms with Crippen molar-refractivity contribution in [2.75, 3.05) is 11.9 Å². The molecule has 0 saturated heterocycles. The molecular weight excluding hydrogens is 400 g/mol. The van der Waals surface area contributed by atoms with Gasteiger partial charge in [0.15, 0.2) is 5.13 Å². The summed E-state index contributed by atoms with van der Waals surface area (Å²) in [6, 6.07) is 11.4. The van der Waals surface area contributed by atoms with E-state index in [1.54, 1.807) is 30.3 Å². The molecule has 1 heterocycles. The fourth-order valence-electron chi connectivity index (χ4n) is 2.54. The number of aromatic nitrogens is 1. The largest absolute Gasteiger partial charge is 0.352 e. The smallest absolute Gasteiger partial charge is 0.251 e. The van der Waals surface area contributed by atoms with Crippen molar-refractivity contribution in [3.63, 3.8) is 0 Å². The van der Waals surface area contributed by atoms with Crippen LogP contribution in [0.1, 0.15) is 22.8 Å². The van der Waals surface area contributed by atoms with Crippen LogP contribution in [0, 0.1) is 0 Å². The quantitative estimate of drug-likeness (QED) is 0.562. The third-order valence-corrected chi connectivity index (χ3v) is 5.75. The van der Waals surface area contributed by atoms with Crippen LogP contribution in [-0.4, -0.2) is 31.8 Å². The molecular formula is C18H18N4O4S2. The van der Waals surface area contributed by atoms with Gasteiger partial charge in [0, 0.05) is 19.0 Å². The lowest BCUT2D eigenvalue weighted by Gasteiger charge is -2.06. The van der Waals surface area contributed by atoms with E-state index in [2.05, 4.69) is 15.6 Å². The Hall–Kier alpha value is -2.82. The Morgan fingerprint density at radius 1 is 1.14 bits per heavy atom. The third-order valence-electron chi connectivity index (χ3n) is 3.88. The lowest BCUT2D eigenvalue weighted by Crippen LogP contribution is -2.25. The van der Waals surface area contributed by atoms with Crippen LogP contribution in [0.15, 0.2) is 47.4 Å². The van der Waals surface area contributed by atoms with Crippen LogP contribution in [0.25, 0.3) is 10.2 Å². The minimum atomic E-state index is -3.71. The molecule has 0 aliphatic rings. The zero-order chi connectivity index (χ0) is 20.3. The Kier molecular flexibility index (Phi) is 5.73. The molecule has 2 amide bonds. The molecule has 0 fully saturated rings. The highest BCUT2D eigenvalue weighted by Crippen LogP contribution is 2.26. The molecule has 1 aromatic heterocycles. The summed E-state index contributed by atoms with van der Waals surface area (Å²) in [5, 5.41) is 11.0. The molecule has 3 aromatic rings. The van der Waals surface area contributed by atoms with Gasteiger partial charge in [-0.15, -0.1) is 0 Å². The van der Waals surface area contributed by atoms with E-state index < -0.39 is 10.0 Å². The minimum Gasteiger partial charge on any atom is -0.352 e. The maximum absolute atomic E-state index is 12.4. The first-order valence-corrected chi connectivity index (χ1v) is 10.7. The number of nitrogens with zero attached hydrogens (tertiary/aromatic N) is 1. The maximum atomic E-state index is 12.4. The highest BCUT2D eigenvalue weighted by Gasteiger charge is 2.11. The van der Waals surface area contributed by atoms with E-state index in [0.717, 1.165) is 10.3 Å². The number of thiazole rings is 1. The number of carbonyl (C=O) groups is 2. The number of sulfonamides is 1. The number of nitrogens with one attached hydrogen (secondary N) is 2. The monoisotopic (exact) mass is 418 g/mol. The number of hydrogen-bond acceptors (Lipinski definition) is 6. The second-order valence-corrected chi connectivity index (χ2v) is 8.67. The number of benzene rings is 2. The number of carbonyl (C=O) groups excluding carboxylic acids is 2. The van der Waals surface area contributed by atoms with Crippen molar-refractivity contribution in [3.05, 3.63) is 53.6 Å². The van der Waals surface area contributed by atoms with Gasteiger partial charge < -0.3 is 10.6 Å². The van der Waals surface area contributed by atoms with Gasteiger partial charge >= 0.3 is 0 Å². The normalized spacial score (nSPS) is 11.4. The average molecular weight is 419 g/mol. The molecule has 0 radical (unpaired) electrons. The van der Waals surface area contributed by atoms with Crippen molar-refractivity contribution in [1.82, 2.24) is 10.3 Å². The lowest BCUT2D eigenvalue weighted by molar-refractivity contribution is -0.114. The summed E-state index contributed by atoms with van der Waals surface area (Å²) in [6.45, 7) is 1.80. The summed E-state index contributed by atoms with van der Waals surface area (Å²) in [7, 11) is -3.71. The summed E-state index contributed by atoms with van der Waals surface area (Å²) < 4.78 is 23.3. The van der Waals surface area contributed by atoms with Gasteiger partial charge in [0.25, 0.3) is 5.91 Å². The van der Waals surface area contributed by atoms with E-state index in [4.69, 9.17) is 5.14 Å². The van der Waals surface area contributed by atoms with Crippen molar-refractivity contribution < 1.29 is 18.0 Å². The van der Waals surface area contributed by atoms with Crippen LogP contribution < -0.4 is 15.8 Å². The maximum Gasteiger partial charge on any atom is 0.251 e. The molecule has 0 aliphatic carbocycles. The van der Waals surface area contributed by atoms with Crippen LogP contribution in [-0.2, 0) is 21.2 Å². The second kappa shape index (κ2) is 8.05. The molecule has 28 heavy (non-hydrogen) atoms. The molecule has 0 saturated carbocycles. The molecule has 0 aliphatic heterocycles. The standard InChI is InChI=1S/C18H18N4O4S2/c1-11(23)21-18-22-15-7-4-13(10-16(15)27-18)17(24)20-9-8-12-2-5-14(6-3-12)28(19,25)26/h2-7,10H,8-9H2,1H3,(H,20,24)(H2,19,25,26)(H,21,22,23). The highest BCUT2D eigenvalue weighted by atomic mass is 32.2. The Morgan fingerprint density at radius 3 is 2.50 bits per heavy atom. The van der Waals surface area contributed by atoms with Crippen LogP contribution >= 0.6 is 11.3 Å². The Morgan fingerprint density at radius 2 is 1.86 bits per heavy atom. The topological polar surface area (TPSA) is 131 Å². The molecule has 0 bridgehead atoms. The van der Waals surface area contributed by atoms with Gasteiger partial charge in [0.1, 0.15) is 0 Å². The number of anilines is 1. The molecule has 0 spiro atoms. The number of hydrogen-bond donors (Lipinski definition) is 3. The number of fused-ring (bicyclic) bond motifs is 1. The van der Waals surface area contributed by atoms with Gasteiger partial charge in [-0.25, -0.2) is 18.5 Å². The predicted molar refractivity (Wildman–Crippen MR) is 108 cm³/mol. The Balaban J connectivity index is 1.60. The first kappa shape index (κ1) is 19.9. The van der Waals surface area contributed by atoms with Crippen molar-refractivity contribution in [1.29, 1.82) is 0 Å². The van der Waals surface area contributed by atoms with E-state index in [0.29, 0.717) is 29.2 Å². The van der Waals surface area contributed by atoms with Crippen LogP contribution in [0.5, 0.6) is 0 Å². The van der Waals surface area contributed by atoms with Crippen molar-refractivity contribution in [2.24, 2.45) is 5.14 Å². The predicted octanol–water partition coefficient (Wildman–Crippen LogP) is 1.87. The van der Waals surface area contributed by atoms with Crippen LogP contribution in [0.3, 0.4) is 0 Å². The lowest BCUT2D eigenvalue weighted by atomic mass is 10.1. The number of nitrogens with two attached hydrogens (primary N) is 1. The van der Waals surface area contributed by atoms with Gasteiger partial charge in [0.05, 0.1) is 15.1 Å². The van der Waals surface area contributed by atoms with Gasteiger partial charge in [-0.05, 0) is 42.3 Å². The van der Waals surface area contributed by atoms with Crippen LogP contribution in [0.4, 0.5) is 5.13 Å². The fourth-order valence-corrected chi connectivity index (χ4v) is 4.00. The summed E-state index contributed by atoms with van der Waals surface area (Å²) in [4.78, 5) is 27.8. The SMILES string of the molecule is CC(=O)Nc1nc2ccc(C(=O)NCCc3ccc(S(N)(=O)=O)cc3)cc2s1. The van der Waals surface area contributed by atoms with Crippen molar-refractivity contribution in [2.45, 2.75) is 18.2 Å². The first-order valence-electron chi connectivity index (χ1n) is 8.30. The zero-order valence-electron chi connectivity index (χ0n) is 14.9. The fraction of sp³-hybridized carbons (Fsp3) is 0.167. The Labute approximate surface area is 165 Å². The van der Waals surface area contributed by atoms with E-state index in [1.165, 1.54) is 30.4 Å². The van der Waals surface area contributed by atoms with E-state index in [1.807, 2.05) is 0 Å². The van der Waals surface area contributed by atoms with Gasteiger partial charge in [-0.1, -0.05) is 23.5 Å². The van der Waals surface area contributed by atoms with Gasteiger partial charge in [-0.2, -0.15) is 0 Å². The summed E-state index contributed by atoms with van der Waals surface area (Å²) >= 11 is 1.30. The number of rotatable bonds is 6. The van der Waals surface area contributed by atoms with Gasteiger partial charge in [-0.3, -0.25) is 9.59 Å². The molecule has 10 heteroatoms. The van der Waals surface area contributed by atoms with Crippen molar-refractivity contribution >= 4 is 48.5 Å². The minimum absolute atomic E-state index is 0.0526. The van der Waals surface area contributed by atoms with E-state index in [9.17, 15) is 18.0 Å². The molecule has 3 rings (SSSR count). The van der Waals surface area contributed by atoms with E-state index in [-0.39, 0.29) is 16.7 Å². The number of primary sulfonamides is 1. The molecule has 0 unspecified atom stereocenters. The number of amides is 2. The summed E-state index contributed by atoms with van der Waals surface area (Å²) in [5.41, 5.74) is 2.08. The Bertz CT molecular complexity index is 1140. The summed E-state index contributed by atoms with van der Waals surface area (Å²) in [6.07, 6.45) is 0.548. The van der Waals surface area contributed by atoms with Crippen molar-refractivity contribution in [3.8, 4) is 0 Å². The van der Waals surface area contributed by atoms with Gasteiger partial charge in [0.2, 0.25) is 15.9 Å². The molecule has 2 aromatic carbocycles. The molecule has 8 nitrogen and oxygen atoms in total. The highest BCUT2D eigenvalue weighted by molar-refractivity contribution is 7.89. The first-order chi connectivity index (χ1) is 13.2. The molecule has 146 valence electrons. The molecule has 4 N–H and O–H groups in total. The zero-order valence-corrected chi connectivity index (χ0v) is 16.6. The summed E-state index contributed by atoms with van der Waals surface area (Å²) in [5.74, 6) is -0.424. The van der Waals surface area contributed by atoms with Crippen LogP contribution in [0.2, 0.25) is 0 Å². The molecule has 0 atom stereocenters. The van der Waals surface area contributed by atoms with E-state index >= 15 is 0 Å².